The summed E-state index contributed by atoms with van der Waals surface area (Å²) in [6.45, 7) is 2.50. The van der Waals surface area contributed by atoms with Crippen molar-refractivity contribution in [1.29, 1.82) is 0 Å². The van der Waals surface area contributed by atoms with Crippen LogP contribution in [0.25, 0.3) is 5.57 Å². The van der Waals surface area contributed by atoms with Crippen molar-refractivity contribution in [3.63, 3.8) is 0 Å². The summed E-state index contributed by atoms with van der Waals surface area (Å²) < 4.78 is 1.74. The van der Waals surface area contributed by atoms with E-state index in [0.29, 0.717) is 0 Å². The van der Waals surface area contributed by atoms with E-state index < -0.39 is 0 Å². The molecule has 2 aliphatic heterocycles. The number of rotatable bonds is 3. The predicted octanol–water partition coefficient (Wildman–Crippen LogP) is 1.71. The molecule has 0 saturated carbocycles. The zero-order valence-electron chi connectivity index (χ0n) is 13.8. The molecule has 0 radical (unpaired) electrons. The van der Waals surface area contributed by atoms with Crippen molar-refractivity contribution in [3.05, 3.63) is 48.6 Å². The first-order valence-corrected chi connectivity index (χ1v) is 8.36. The highest BCUT2D eigenvalue weighted by Crippen LogP contribution is 2.28. The summed E-state index contributed by atoms with van der Waals surface area (Å²) in [7, 11) is 1.87. The Kier molecular flexibility index (Phi) is 3.90. The quantitative estimate of drug-likeness (QED) is 0.863. The SMILES string of the molecule is Cn1cc(N2CCC(N3CCC=C(c4cccnc4)C3)C2=O)cn1. The summed E-state index contributed by atoms with van der Waals surface area (Å²) in [5.41, 5.74) is 3.31. The predicted molar refractivity (Wildman–Crippen MR) is 92.4 cm³/mol. The minimum Gasteiger partial charge on any atom is -0.308 e. The summed E-state index contributed by atoms with van der Waals surface area (Å²) in [6.07, 6.45) is 11.5. The van der Waals surface area contributed by atoms with Crippen LogP contribution in [0.15, 0.2) is 43.0 Å². The standard InChI is InChI=1S/C18H21N5O/c1-21-13-16(11-20-21)23-9-6-17(18(23)24)22-8-3-5-15(12-22)14-4-2-7-19-10-14/h2,4-5,7,10-11,13,17H,3,6,8-9,12H2,1H3. The first kappa shape index (κ1) is 15.1. The number of hydrogen-bond acceptors (Lipinski definition) is 4. The smallest absolute Gasteiger partial charge is 0.244 e. The Labute approximate surface area is 141 Å². The van der Waals surface area contributed by atoms with E-state index in [4.69, 9.17) is 0 Å². The van der Waals surface area contributed by atoms with Crippen LogP contribution in [0.1, 0.15) is 18.4 Å². The lowest BCUT2D eigenvalue weighted by atomic mass is 10.0. The second-order valence-electron chi connectivity index (χ2n) is 6.40. The third-order valence-electron chi connectivity index (χ3n) is 4.83. The first-order valence-electron chi connectivity index (χ1n) is 8.36. The maximum absolute atomic E-state index is 12.9. The van der Waals surface area contributed by atoms with E-state index >= 15 is 0 Å². The molecule has 0 bridgehead atoms. The molecule has 1 saturated heterocycles. The first-order chi connectivity index (χ1) is 11.7. The number of aryl methyl sites for hydroxylation is 1. The van der Waals surface area contributed by atoms with Crippen LogP contribution >= 0.6 is 0 Å². The Bertz CT molecular complexity index is 767. The average molecular weight is 323 g/mol. The molecule has 1 fully saturated rings. The molecule has 0 spiro atoms. The number of pyridine rings is 1. The Morgan fingerprint density at radius 1 is 1.25 bits per heavy atom. The van der Waals surface area contributed by atoms with E-state index in [1.807, 2.05) is 30.4 Å². The van der Waals surface area contributed by atoms with Gasteiger partial charge in [0.25, 0.3) is 0 Å². The van der Waals surface area contributed by atoms with Crippen molar-refractivity contribution in [2.75, 3.05) is 24.5 Å². The monoisotopic (exact) mass is 323 g/mol. The van der Waals surface area contributed by atoms with E-state index in [-0.39, 0.29) is 11.9 Å². The minimum atomic E-state index is -0.0365. The van der Waals surface area contributed by atoms with Gasteiger partial charge in [-0.2, -0.15) is 5.10 Å². The molecule has 6 nitrogen and oxygen atoms in total. The molecule has 0 N–H and O–H groups in total. The molecular formula is C18H21N5O. The van der Waals surface area contributed by atoms with Gasteiger partial charge in [0.2, 0.25) is 5.91 Å². The fraction of sp³-hybridized carbons (Fsp3) is 0.389. The van der Waals surface area contributed by atoms with Crippen molar-refractivity contribution < 1.29 is 4.79 Å². The molecular weight excluding hydrogens is 302 g/mol. The maximum atomic E-state index is 12.9. The van der Waals surface area contributed by atoms with Gasteiger partial charge in [-0.25, -0.2) is 0 Å². The van der Waals surface area contributed by atoms with Gasteiger partial charge in [-0.3, -0.25) is 19.4 Å². The summed E-state index contributed by atoms with van der Waals surface area (Å²) in [4.78, 5) is 21.2. The Morgan fingerprint density at radius 2 is 2.17 bits per heavy atom. The highest BCUT2D eigenvalue weighted by Gasteiger charge is 2.37. The van der Waals surface area contributed by atoms with Gasteiger partial charge in [0, 0.05) is 45.3 Å². The van der Waals surface area contributed by atoms with Gasteiger partial charge >= 0.3 is 0 Å². The third kappa shape index (κ3) is 2.73. The Hall–Kier alpha value is -2.47. The van der Waals surface area contributed by atoms with E-state index in [0.717, 1.165) is 43.7 Å². The van der Waals surface area contributed by atoms with Crippen molar-refractivity contribution in [2.45, 2.75) is 18.9 Å². The summed E-state index contributed by atoms with van der Waals surface area (Å²) in [6, 6.07) is 4.01. The Morgan fingerprint density at radius 3 is 2.92 bits per heavy atom. The van der Waals surface area contributed by atoms with Crippen LogP contribution in [-0.4, -0.2) is 51.2 Å². The lowest BCUT2D eigenvalue weighted by molar-refractivity contribution is -0.121. The normalized spacial score (nSPS) is 22.0. The molecule has 4 heterocycles. The number of carbonyl (C=O) groups excluding carboxylic acids is 1. The molecule has 2 aliphatic rings. The molecule has 4 rings (SSSR count). The number of aromatic nitrogens is 3. The molecule has 1 unspecified atom stereocenters. The van der Waals surface area contributed by atoms with E-state index in [1.165, 1.54) is 5.57 Å². The number of hydrogen-bond donors (Lipinski definition) is 0. The van der Waals surface area contributed by atoms with Gasteiger partial charge in [0.15, 0.2) is 0 Å². The number of amides is 1. The van der Waals surface area contributed by atoms with Gasteiger partial charge in [0.1, 0.15) is 0 Å². The molecule has 6 heteroatoms. The van der Waals surface area contributed by atoms with E-state index in [1.54, 1.807) is 17.1 Å². The summed E-state index contributed by atoms with van der Waals surface area (Å²) in [5, 5.41) is 4.18. The third-order valence-corrected chi connectivity index (χ3v) is 4.83. The van der Waals surface area contributed by atoms with Crippen LogP contribution < -0.4 is 4.90 Å². The molecule has 1 atom stereocenters. The van der Waals surface area contributed by atoms with E-state index in [9.17, 15) is 4.79 Å². The molecule has 24 heavy (non-hydrogen) atoms. The van der Waals surface area contributed by atoms with E-state index in [2.05, 4.69) is 27.1 Å². The van der Waals surface area contributed by atoms with Gasteiger partial charge < -0.3 is 4.90 Å². The van der Waals surface area contributed by atoms with Crippen molar-refractivity contribution in [1.82, 2.24) is 19.7 Å². The maximum Gasteiger partial charge on any atom is 0.244 e. The van der Waals surface area contributed by atoms with Gasteiger partial charge in [-0.15, -0.1) is 0 Å². The van der Waals surface area contributed by atoms with Crippen LogP contribution in [0.3, 0.4) is 0 Å². The van der Waals surface area contributed by atoms with Crippen LogP contribution in [0, 0.1) is 0 Å². The second-order valence-corrected chi connectivity index (χ2v) is 6.40. The van der Waals surface area contributed by atoms with Crippen molar-refractivity contribution in [2.24, 2.45) is 7.05 Å². The number of anilines is 1. The van der Waals surface area contributed by atoms with Crippen LogP contribution in [0.5, 0.6) is 0 Å². The fourth-order valence-electron chi connectivity index (χ4n) is 3.60. The molecule has 0 aliphatic carbocycles. The fourth-order valence-corrected chi connectivity index (χ4v) is 3.60. The zero-order valence-corrected chi connectivity index (χ0v) is 13.8. The molecule has 2 aromatic heterocycles. The van der Waals surface area contributed by atoms with Crippen LogP contribution in [0.4, 0.5) is 5.69 Å². The van der Waals surface area contributed by atoms with Crippen LogP contribution in [0.2, 0.25) is 0 Å². The lowest BCUT2D eigenvalue weighted by Crippen LogP contribution is -2.44. The highest BCUT2D eigenvalue weighted by molar-refractivity contribution is 5.99. The topological polar surface area (TPSA) is 54.3 Å². The minimum absolute atomic E-state index is 0.0365. The largest absolute Gasteiger partial charge is 0.308 e. The number of nitrogens with zero attached hydrogens (tertiary/aromatic N) is 5. The average Bonchev–Trinajstić information content (AvgIpc) is 3.21. The van der Waals surface area contributed by atoms with Gasteiger partial charge in [-0.05, 0) is 30.0 Å². The highest BCUT2D eigenvalue weighted by atomic mass is 16.2. The van der Waals surface area contributed by atoms with Crippen LogP contribution in [-0.2, 0) is 11.8 Å². The summed E-state index contributed by atoms with van der Waals surface area (Å²) in [5.74, 6) is 0.190. The van der Waals surface area contributed by atoms with Crippen molar-refractivity contribution >= 4 is 17.2 Å². The Balaban J connectivity index is 1.49. The van der Waals surface area contributed by atoms with Gasteiger partial charge in [-0.1, -0.05) is 12.1 Å². The summed E-state index contributed by atoms with van der Waals surface area (Å²) >= 11 is 0. The molecule has 2 aromatic rings. The zero-order chi connectivity index (χ0) is 16.5. The second kappa shape index (κ2) is 6.20. The number of carbonyl (C=O) groups is 1. The lowest BCUT2D eigenvalue weighted by Gasteiger charge is -2.31. The van der Waals surface area contributed by atoms with Gasteiger partial charge in [0.05, 0.1) is 17.9 Å². The molecule has 124 valence electrons. The molecule has 1 amide bonds. The molecule has 0 aromatic carbocycles. The van der Waals surface area contributed by atoms with Crippen molar-refractivity contribution in [3.8, 4) is 0 Å².